The molecule has 0 saturated carbocycles. The number of esters is 1. The fourth-order valence-electron chi connectivity index (χ4n) is 1.90. The van der Waals surface area contributed by atoms with E-state index < -0.39 is 0 Å². The largest absolute Gasteiger partial charge is 0.484 e. The van der Waals surface area contributed by atoms with Crippen LogP contribution in [-0.4, -0.2) is 32.1 Å². The summed E-state index contributed by atoms with van der Waals surface area (Å²) in [4.78, 5) is 22.6. The van der Waals surface area contributed by atoms with Gasteiger partial charge in [-0.2, -0.15) is 0 Å². The van der Waals surface area contributed by atoms with Gasteiger partial charge in [-0.15, -0.1) is 0 Å². The van der Waals surface area contributed by atoms with Crippen molar-refractivity contribution in [1.29, 1.82) is 0 Å². The van der Waals surface area contributed by atoms with Crippen LogP contribution in [0, 0.1) is 13.8 Å². The number of hydrogen-bond donors (Lipinski definition) is 1. The molecule has 1 rings (SSSR count). The van der Waals surface area contributed by atoms with Crippen LogP contribution in [0.25, 0.3) is 0 Å². The molecule has 0 aliphatic carbocycles. The van der Waals surface area contributed by atoms with Crippen molar-refractivity contribution in [2.75, 3.05) is 20.3 Å². The summed E-state index contributed by atoms with van der Waals surface area (Å²) < 4.78 is 10.0. The fourth-order valence-corrected chi connectivity index (χ4v) is 1.90. The highest BCUT2D eigenvalue weighted by Crippen LogP contribution is 2.16. The second kappa shape index (κ2) is 9.82. The highest BCUT2D eigenvalue weighted by Gasteiger charge is 2.04. The van der Waals surface area contributed by atoms with E-state index in [2.05, 4.69) is 10.1 Å². The molecule has 1 amide bonds. The maximum atomic E-state index is 11.6. The second-order valence-corrected chi connectivity index (χ2v) is 5.27. The van der Waals surface area contributed by atoms with Crippen molar-refractivity contribution in [3.05, 3.63) is 29.3 Å². The molecule has 1 aromatic rings. The summed E-state index contributed by atoms with van der Waals surface area (Å²) in [5.41, 5.74) is 2.34. The number of unbranched alkanes of at least 4 members (excludes halogenated alkanes) is 2. The molecule has 5 heteroatoms. The molecule has 122 valence electrons. The van der Waals surface area contributed by atoms with Crippen LogP contribution in [0.5, 0.6) is 5.75 Å². The first-order valence-electron chi connectivity index (χ1n) is 7.56. The summed E-state index contributed by atoms with van der Waals surface area (Å²) in [5.74, 6) is 0.383. The molecule has 22 heavy (non-hydrogen) atoms. The molecule has 1 aromatic carbocycles. The Balaban J connectivity index is 2.11. The molecule has 5 nitrogen and oxygen atoms in total. The zero-order valence-corrected chi connectivity index (χ0v) is 13.6. The number of hydrogen-bond acceptors (Lipinski definition) is 4. The molecule has 0 aromatic heterocycles. The number of nitrogens with one attached hydrogen (secondary N) is 1. The summed E-state index contributed by atoms with van der Waals surface area (Å²) in [6.45, 7) is 4.66. The normalized spacial score (nSPS) is 10.1. The zero-order chi connectivity index (χ0) is 16.4. The number of carbonyl (C=O) groups is 2. The molecule has 0 heterocycles. The van der Waals surface area contributed by atoms with Gasteiger partial charge in [-0.25, -0.2) is 0 Å². The number of benzene rings is 1. The lowest BCUT2D eigenvalue weighted by molar-refractivity contribution is -0.140. The van der Waals surface area contributed by atoms with Gasteiger partial charge < -0.3 is 14.8 Å². The lowest BCUT2D eigenvalue weighted by atomic mass is 10.1. The first-order valence-corrected chi connectivity index (χ1v) is 7.56. The van der Waals surface area contributed by atoms with Gasteiger partial charge in [0.15, 0.2) is 6.61 Å². The van der Waals surface area contributed by atoms with Gasteiger partial charge in [0.25, 0.3) is 5.91 Å². The number of carbonyl (C=O) groups excluding carboxylic acids is 2. The Kier molecular flexibility index (Phi) is 8.04. The second-order valence-electron chi connectivity index (χ2n) is 5.27. The molecule has 0 saturated heterocycles. The predicted molar refractivity (Wildman–Crippen MR) is 84.9 cm³/mol. The van der Waals surface area contributed by atoms with E-state index in [0.29, 0.717) is 18.7 Å². The summed E-state index contributed by atoms with van der Waals surface area (Å²) in [6, 6.07) is 5.77. The van der Waals surface area contributed by atoms with E-state index in [-0.39, 0.29) is 18.5 Å². The highest BCUT2D eigenvalue weighted by atomic mass is 16.5. The number of ether oxygens (including phenoxy) is 2. The minimum atomic E-state index is -0.189. The molecular formula is C17H25NO4. The standard InChI is InChI=1S/C17H25NO4/c1-13-8-9-15(11-14(13)2)22-12-16(19)18-10-6-4-5-7-17(20)21-3/h8-9,11H,4-7,10,12H2,1-3H3,(H,18,19). The van der Waals surface area contributed by atoms with Crippen LogP contribution in [0.3, 0.4) is 0 Å². The van der Waals surface area contributed by atoms with Gasteiger partial charge in [0, 0.05) is 13.0 Å². The molecule has 0 radical (unpaired) electrons. The van der Waals surface area contributed by atoms with Gasteiger partial charge in [-0.05, 0) is 49.9 Å². The predicted octanol–water partition coefficient (Wildman–Crippen LogP) is 2.53. The van der Waals surface area contributed by atoms with Crippen LogP contribution in [-0.2, 0) is 14.3 Å². The molecule has 0 aliphatic rings. The van der Waals surface area contributed by atoms with Crippen molar-refractivity contribution in [3.63, 3.8) is 0 Å². The third-order valence-corrected chi connectivity index (χ3v) is 3.46. The molecule has 0 bridgehead atoms. The third-order valence-electron chi connectivity index (χ3n) is 3.46. The highest BCUT2D eigenvalue weighted by molar-refractivity contribution is 5.77. The van der Waals surface area contributed by atoms with Crippen molar-refractivity contribution in [3.8, 4) is 5.75 Å². The molecule has 0 atom stereocenters. The monoisotopic (exact) mass is 307 g/mol. The Morgan fingerprint density at radius 2 is 1.86 bits per heavy atom. The SMILES string of the molecule is COC(=O)CCCCCNC(=O)COc1ccc(C)c(C)c1. The Labute approximate surface area is 132 Å². The van der Waals surface area contributed by atoms with Gasteiger partial charge in [0.1, 0.15) is 5.75 Å². The minimum absolute atomic E-state index is 0.0185. The van der Waals surface area contributed by atoms with Gasteiger partial charge in [0.2, 0.25) is 0 Å². The number of rotatable bonds is 9. The van der Waals surface area contributed by atoms with Crippen LogP contribution in [0.2, 0.25) is 0 Å². The number of aryl methyl sites for hydroxylation is 2. The van der Waals surface area contributed by atoms with Gasteiger partial charge in [0.05, 0.1) is 7.11 Å². The van der Waals surface area contributed by atoms with E-state index >= 15 is 0 Å². The van der Waals surface area contributed by atoms with Crippen molar-refractivity contribution in [2.24, 2.45) is 0 Å². The smallest absolute Gasteiger partial charge is 0.305 e. The van der Waals surface area contributed by atoms with Crippen molar-refractivity contribution >= 4 is 11.9 Å². The zero-order valence-electron chi connectivity index (χ0n) is 13.6. The first-order chi connectivity index (χ1) is 10.5. The average Bonchev–Trinajstić information content (AvgIpc) is 2.51. The number of methoxy groups -OCH3 is 1. The van der Waals surface area contributed by atoms with Crippen LogP contribution in [0.1, 0.15) is 36.8 Å². The van der Waals surface area contributed by atoms with Gasteiger partial charge >= 0.3 is 5.97 Å². The van der Waals surface area contributed by atoms with Crippen LogP contribution < -0.4 is 10.1 Å². The molecule has 0 spiro atoms. The van der Waals surface area contributed by atoms with Gasteiger partial charge in [-0.3, -0.25) is 9.59 Å². The summed E-state index contributed by atoms with van der Waals surface area (Å²) in [5, 5.41) is 2.80. The summed E-state index contributed by atoms with van der Waals surface area (Å²) >= 11 is 0. The molecule has 0 fully saturated rings. The minimum Gasteiger partial charge on any atom is -0.484 e. The molecule has 1 N–H and O–H groups in total. The van der Waals surface area contributed by atoms with Crippen LogP contribution in [0.15, 0.2) is 18.2 Å². The number of amides is 1. The Bertz CT molecular complexity index is 499. The van der Waals surface area contributed by atoms with Crippen molar-refractivity contribution in [2.45, 2.75) is 39.5 Å². The van der Waals surface area contributed by atoms with Crippen molar-refractivity contribution < 1.29 is 19.1 Å². The van der Waals surface area contributed by atoms with Gasteiger partial charge in [-0.1, -0.05) is 12.5 Å². The summed E-state index contributed by atoms with van der Waals surface area (Å²) in [7, 11) is 1.39. The quantitative estimate of drug-likeness (QED) is 0.562. The Hall–Kier alpha value is -2.04. The lowest BCUT2D eigenvalue weighted by Gasteiger charge is -2.09. The van der Waals surface area contributed by atoms with E-state index in [1.807, 2.05) is 32.0 Å². The maximum Gasteiger partial charge on any atom is 0.305 e. The Morgan fingerprint density at radius 3 is 2.55 bits per heavy atom. The van der Waals surface area contributed by atoms with E-state index in [4.69, 9.17) is 4.74 Å². The topological polar surface area (TPSA) is 64.6 Å². The van der Waals surface area contributed by atoms with E-state index in [9.17, 15) is 9.59 Å². The molecular weight excluding hydrogens is 282 g/mol. The fraction of sp³-hybridized carbons (Fsp3) is 0.529. The van der Waals surface area contributed by atoms with Crippen LogP contribution >= 0.6 is 0 Å². The van der Waals surface area contributed by atoms with E-state index in [1.165, 1.54) is 12.7 Å². The molecule has 0 aliphatic heterocycles. The van der Waals surface area contributed by atoms with E-state index in [0.717, 1.165) is 24.8 Å². The third kappa shape index (κ3) is 7.11. The Morgan fingerprint density at radius 1 is 1.09 bits per heavy atom. The van der Waals surface area contributed by atoms with E-state index in [1.54, 1.807) is 0 Å². The first kappa shape index (κ1) is 18.0. The van der Waals surface area contributed by atoms with Crippen LogP contribution in [0.4, 0.5) is 0 Å². The summed E-state index contributed by atoms with van der Waals surface area (Å²) in [6.07, 6.45) is 2.93. The maximum absolute atomic E-state index is 11.6. The molecule has 0 unspecified atom stereocenters. The lowest BCUT2D eigenvalue weighted by Crippen LogP contribution is -2.29. The average molecular weight is 307 g/mol. The van der Waals surface area contributed by atoms with Crippen molar-refractivity contribution in [1.82, 2.24) is 5.32 Å².